The lowest BCUT2D eigenvalue weighted by atomic mass is 10.0. The van der Waals surface area contributed by atoms with E-state index in [4.69, 9.17) is 0 Å². The highest BCUT2D eigenvalue weighted by Gasteiger charge is 2.21. The minimum Gasteiger partial charge on any atom is -0.300 e. The third-order valence-electron chi connectivity index (χ3n) is 3.69. The van der Waals surface area contributed by atoms with Gasteiger partial charge in [0, 0.05) is 23.5 Å². The second-order valence-electron chi connectivity index (χ2n) is 6.05. The molecule has 0 saturated heterocycles. The quantitative estimate of drug-likeness (QED) is 0.521. The molecule has 2 N–H and O–H groups in total. The number of carbonyl (C=O) groups is 1. The van der Waals surface area contributed by atoms with Crippen LogP contribution in [0.25, 0.3) is 0 Å². The fourth-order valence-electron chi connectivity index (χ4n) is 2.31. The molecule has 136 valence electrons. The van der Waals surface area contributed by atoms with Crippen LogP contribution >= 0.6 is 23.1 Å². The molecule has 0 unspecified atom stereocenters. The molecule has 1 amide bonds. The summed E-state index contributed by atoms with van der Waals surface area (Å²) in [6.07, 6.45) is 6.33. The van der Waals surface area contributed by atoms with Crippen molar-refractivity contribution < 1.29 is 13.2 Å². The van der Waals surface area contributed by atoms with Crippen LogP contribution in [0.3, 0.4) is 0 Å². The van der Waals surface area contributed by atoms with Crippen molar-refractivity contribution in [3.8, 4) is 0 Å². The van der Waals surface area contributed by atoms with Crippen LogP contribution in [0.5, 0.6) is 0 Å². The standard InChI is InChI=1S/C14H24N4O3S3/c1-10(2)12(19)16-13-17-18-14(23-13)24(20,21)15-8-9-22-11-6-4-3-5-7-11/h10-11,15H,3-9H2,1-2H3,(H,16,17,19). The molecule has 0 aliphatic heterocycles. The van der Waals surface area contributed by atoms with E-state index in [1.165, 1.54) is 32.1 Å². The fourth-order valence-corrected chi connectivity index (χ4v) is 5.64. The molecule has 1 aromatic rings. The molecule has 2 rings (SSSR count). The van der Waals surface area contributed by atoms with Crippen molar-refractivity contribution in [1.29, 1.82) is 0 Å². The number of anilines is 1. The molecule has 1 saturated carbocycles. The Balaban J connectivity index is 1.79. The Labute approximate surface area is 151 Å². The number of thioether (sulfide) groups is 1. The normalized spacial score (nSPS) is 16.5. The molecule has 10 heteroatoms. The molecule has 24 heavy (non-hydrogen) atoms. The summed E-state index contributed by atoms with van der Waals surface area (Å²) >= 11 is 2.69. The molecule has 1 aromatic heterocycles. The molecule has 0 aromatic carbocycles. The van der Waals surface area contributed by atoms with Gasteiger partial charge in [0.1, 0.15) is 0 Å². The second-order valence-corrected chi connectivity index (χ2v) is 10.4. The molecule has 0 radical (unpaired) electrons. The number of aromatic nitrogens is 2. The van der Waals surface area contributed by atoms with Gasteiger partial charge in [-0.15, -0.1) is 10.2 Å². The Morgan fingerprint density at radius 3 is 2.67 bits per heavy atom. The summed E-state index contributed by atoms with van der Waals surface area (Å²) in [5, 5.41) is 10.8. The molecule has 0 bridgehead atoms. The summed E-state index contributed by atoms with van der Waals surface area (Å²) in [6.45, 7) is 3.87. The highest BCUT2D eigenvalue weighted by molar-refractivity contribution is 8.00. The van der Waals surface area contributed by atoms with Gasteiger partial charge >= 0.3 is 0 Å². The van der Waals surface area contributed by atoms with Crippen molar-refractivity contribution in [3.63, 3.8) is 0 Å². The maximum atomic E-state index is 12.2. The Kier molecular flexibility index (Phi) is 7.45. The maximum absolute atomic E-state index is 12.2. The van der Waals surface area contributed by atoms with Gasteiger partial charge in [-0.2, -0.15) is 11.8 Å². The van der Waals surface area contributed by atoms with E-state index in [2.05, 4.69) is 20.2 Å². The molecule has 1 aliphatic rings. The molecule has 1 fully saturated rings. The first kappa shape index (κ1) is 19.6. The maximum Gasteiger partial charge on any atom is 0.269 e. The summed E-state index contributed by atoms with van der Waals surface area (Å²) in [6, 6.07) is 0. The first-order chi connectivity index (χ1) is 11.4. The van der Waals surface area contributed by atoms with Gasteiger partial charge in [-0.25, -0.2) is 13.1 Å². The van der Waals surface area contributed by atoms with E-state index in [1.807, 2.05) is 11.8 Å². The smallest absolute Gasteiger partial charge is 0.269 e. The van der Waals surface area contributed by atoms with Gasteiger partial charge in [-0.05, 0) is 12.8 Å². The molecule has 1 heterocycles. The monoisotopic (exact) mass is 392 g/mol. The van der Waals surface area contributed by atoms with Crippen molar-refractivity contribution in [1.82, 2.24) is 14.9 Å². The summed E-state index contributed by atoms with van der Waals surface area (Å²) in [4.78, 5) is 11.6. The Bertz CT molecular complexity index is 639. The minimum atomic E-state index is -3.67. The molecule has 1 aliphatic carbocycles. The Morgan fingerprint density at radius 1 is 1.29 bits per heavy atom. The summed E-state index contributed by atoms with van der Waals surface area (Å²) < 4.78 is 26.8. The van der Waals surface area contributed by atoms with E-state index < -0.39 is 10.0 Å². The second kappa shape index (κ2) is 9.12. The van der Waals surface area contributed by atoms with Gasteiger partial charge < -0.3 is 5.32 Å². The van der Waals surface area contributed by atoms with Crippen molar-refractivity contribution in [2.24, 2.45) is 5.92 Å². The van der Waals surface area contributed by atoms with E-state index in [0.29, 0.717) is 11.8 Å². The van der Waals surface area contributed by atoms with Gasteiger partial charge in [0.05, 0.1) is 0 Å². The number of sulfonamides is 1. The van der Waals surface area contributed by atoms with Crippen molar-refractivity contribution in [3.05, 3.63) is 0 Å². The Morgan fingerprint density at radius 2 is 2.00 bits per heavy atom. The first-order valence-electron chi connectivity index (χ1n) is 8.14. The number of carbonyl (C=O) groups excluding carboxylic acids is 1. The van der Waals surface area contributed by atoms with Crippen LogP contribution in [-0.2, 0) is 14.8 Å². The number of hydrogen-bond donors (Lipinski definition) is 2. The predicted octanol–water partition coefficient (Wildman–Crippen LogP) is 2.48. The van der Waals surface area contributed by atoms with Crippen molar-refractivity contribution >= 4 is 44.2 Å². The van der Waals surface area contributed by atoms with Crippen LogP contribution in [-0.4, -0.2) is 42.1 Å². The number of rotatable bonds is 8. The van der Waals surface area contributed by atoms with Crippen molar-refractivity contribution in [2.45, 2.75) is 55.5 Å². The van der Waals surface area contributed by atoms with Gasteiger partial charge in [0.15, 0.2) is 0 Å². The first-order valence-corrected chi connectivity index (χ1v) is 11.5. The third kappa shape index (κ3) is 5.98. The van der Waals surface area contributed by atoms with E-state index in [0.717, 1.165) is 17.1 Å². The Hall–Kier alpha value is -0.710. The highest BCUT2D eigenvalue weighted by Crippen LogP contribution is 2.28. The largest absolute Gasteiger partial charge is 0.300 e. The fraction of sp³-hybridized carbons (Fsp3) is 0.786. The zero-order chi connectivity index (χ0) is 17.6. The van der Waals surface area contributed by atoms with Crippen LogP contribution in [0.2, 0.25) is 0 Å². The van der Waals surface area contributed by atoms with Gasteiger partial charge in [0.25, 0.3) is 10.0 Å². The molecule has 7 nitrogen and oxygen atoms in total. The van der Waals surface area contributed by atoms with Gasteiger partial charge in [-0.3, -0.25) is 4.79 Å². The van der Waals surface area contributed by atoms with Crippen LogP contribution < -0.4 is 10.0 Å². The van der Waals surface area contributed by atoms with Gasteiger partial charge in [0.2, 0.25) is 15.4 Å². The number of nitrogens with one attached hydrogen (secondary N) is 2. The molecule has 0 spiro atoms. The van der Waals surface area contributed by atoms with E-state index in [9.17, 15) is 13.2 Å². The number of amides is 1. The van der Waals surface area contributed by atoms with E-state index in [1.54, 1.807) is 13.8 Å². The lowest BCUT2D eigenvalue weighted by Crippen LogP contribution is -2.26. The molecular formula is C14H24N4O3S3. The van der Waals surface area contributed by atoms with E-state index in [-0.39, 0.29) is 21.3 Å². The summed E-state index contributed by atoms with van der Waals surface area (Å²) in [5.41, 5.74) is 0. The van der Waals surface area contributed by atoms with Crippen molar-refractivity contribution in [2.75, 3.05) is 17.6 Å². The predicted molar refractivity (Wildman–Crippen MR) is 97.9 cm³/mol. The number of hydrogen-bond acceptors (Lipinski definition) is 7. The van der Waals surface area contributed by atoms with E-state index >= 15 is 0 Å². The molecular weight excluding hydrogens is 368 g/mol. The topological polar surface area (TPSA) is 101 Å². The zero-order valence-electron chi connectivity index (χ0n) is 13.9. The van der Waals surface area contributed by atoms with Gasteiger partial charge in [-0.1, -0.05) is 44.4 Å². The minimum absolute atomic E-state index is 0.121. The third-order valence-corrected chi connectivity index (χ3v) is 7.74. The summed E-state index contributed by atoms with van der Waals surface area (Å²) in [7, 11) is -3.67. The van der Waals surface area contributed by atoms with Crippen LogP contribution in [0.4, 0.5) is 5.13 Å². The van der Waals surface area contributed by atoms with Crippen LogP contribution in [0, 0.1) is 5.92 Å². The lowest BCUT2D eigenvalue weighted by molar-refractivity contribution is -0.118. The summed E-state index contributed by atoms with van der Waals surface area (Å²) in [5.74, 6) is 0.329. The number of nitrogens with zero attached hydrogens (tertiary/aromatic N) is 2. The average molecular weight is 393 g/mol. The SMILES string of the molecule is CC(C)C(=O)Nc1nnc(S(=O)(=O)NCCSC2CCCCC2)s1. The van der Waals surface area contributed by atoms with Crippen LogP contribution in [0.1, 0.15) is 46.0 Å². The van der Waals surface area contributed by atoms with Crippen LogP contribution in [0.15, 0.2) is 4.34 Å². The average Bonchev–Trinajstić information content (AvgIpc) is 3.02. The zero-order valence-corrected chi connectivity index (χ0v) is 16.4. The lowest BCUT2D eigenvalue weighted by Gasteiger charge is -2.20. The molecule has 0 atom stereocenters. The highest BCUT2D eigenvalue weighted by atomic mass is 32.2.